The summed E-state index contributed by atoms with van der Waals surface area (Å²) in [5.41, 5.74) is 4.59. The zero-order valence-electron chi connectivity index (χ0n) is 18.9. The molecular weight excluding hydrogens is 436 g/mol. The van der Waals surface area contributed by atoms with Gasteiger partial charge in [-0.1, -0.05) is 61.4 Å². The summed E-state index contributed by atoms with van der Waals surface area (Å²) in [6.45, 7) is -0.187. The van der Waals surface area contributed by atoms with Crippen LogP contribution in [0.4, 0.5) is 4.79 Å². The second-order valence-corrected chi connectivity index (χ2v) is 8.94. The third kappa shape index (κ3) is 5.07. The molecule has 2 aromatic carbocycles. The predicted molar refractivity (Wildman–Crippen MR) is 125 cm³/mol. The SMILES string of the molecule is O=C(NC[C@H]1CCCC[C@H]1C(=O)NC(CO)C(=O)O)OCC1c2ccccc2-c2ccccc21. The number of hydrogen-bond acceptors (Lipinski definition) is 5. The summed E-state index contributed by atoms with van der Waals surface area (Å²) in [6, 6.07) is 14.9. The second kappa shape index (κ2) is 10.7. The first-order valence-corrected chi connectivity index (χ1v) is 11.7. The maximum atomic E-state index is 12.6. The van der Waals surface area contributed by atoms with Gasteiger partial charge in [-0.3, -0.25) is 4.79 Å². The average molecular weight is 467 g/mol. The van der Waals surface area contributed by atoms with Crippen LogP contribution in [-0.4, -0.2) is 54.0 Å². The topological polar surface area (TPSA) is 125 Å². The first-order valence-electron chi connectivity index (χ1n) is 11.7. The van der Waals surface area contributed by atoms with E-state index in [-0.39, 0.29) is 25.0 Å². The molecule has 8 nitrogen and oxygen atoms in total. The third-order valence-electron chi connectivity index (χ3n) is 6.90. The molecule has 0 aromatic heterocycles. The lowest BCUT2D eigenvalue weighted by Gasteiger charge is -2.31. The van der Waals surface area contributed by atoms with Crippen LogP contribution in [0.3, 0.4) is 0 Å². The zero-order chi connectivity index (χ0) is 24.1. The van der Waals surface area contributed by atoms with Gasteiger partial charge in [0.1, 0.15) is 12.6 Å². The standard InChI is InChI=1S/C26H30N2O6/c29-14-23(25(31)32)28-24(30)17-8-2-1-7-16(17)13-27-26(33)34-15-22-20-11-5-3-9-18(20)19-10-4-6-12-21(19)22/h3-6,9-12,16-17,22-23,29H,1-2,7-8,13-15H2,(H,27,33)(H,28,30)(H,31,32)/t16-,17-,23?/m1/s1. The Labute approximate surface area is 198 Å². The summed E-state index contributed by atoms with van der Waals surface area (Å²) in [5, 5.41) is 23.5. The number of aliphatic carboxylic acids is 1. The van der Waals surface area contributed by atoms with Crippen molar-refractivity contribution in [2.45, 2.75) is 37.6 Å². The molecule has 3 atom stereocenters. The number of hydrogen-bond donors (Lipinski definition) is 4. The molecule has 2 amide bonds. The fraction of sp³-hybridized carbons (Fsp3) is 0.423. The fourth-order valence-electron chi connectivity index (χ4n) is 5.13. The molecule has 1 unspecified atom stereocenters. The van der Waals surface area contributed by atoms with Crippen molar-refractivity contribution in [2.75, 3.05) is 19.8 Å². The Hall–Kier alpha value is -3.39. The Kier molecular flexibility index (Phi) is 7.47. The van der Waals surface area contributed by atoms with E-state index in [1.165, 1.54) is 0 Å². The molecule has 34 heavy (non-hydrogen) atoms. The molecule has 2 aromatic rings. The van der Waals surface area contributed by atoms with Crippen molar-refractivity contribution in [1.29, 1.82) is 0 Å². The van der Waals surface area contributed by atoms with E-state index in [4.69, 9.17) is 9.84 Å². The molecule has 0 heterocycles. The van der Waals surface area contributed by atoms with E-state index in [2.05, 4.69) is 34.9 Å². The lowest BCUT2D eigenvalue weighted by atomic mass is 9.78. The maximum Gasteiger partial charge on any atom is 0.407 e. The molecular formula is C26H30N2O6. The molecule has 4 rings (SSSR count). The van der Waals surface area contributed by atoms with Gasteiger partial charge in [0, 0.05) is 18.4 Å². The summed E-state index contributed by atoms with van der Waals surface area (Å²) in [5.74, 6) is -2.25. The lowest BCUT2D eigenvalue weighted by molar-refractivity contribution is -0.144. The average Bonchev–Trinajstić information content (AvgIpc) is 3.18. The monoisotopic (exact) mass is 466 g/mol. The number of aliphatic hydroxyl groups excluding tert-OH is 1. The van der Waals surface area contributed by atoms with Crippen LogP contribution < -0.4 is 10.6 Å². The Morgan fingerprint density at radius 3 is 2.21 bits per heavy atom. The molecule has 2 aliphatic carbocycles. The Balaban J connectivity index is 1.33. The molecule has 4 N–H and O–H groups in total. The Morgan fingerprint density at radius 2 is 1.59 bits per heavy atom. The summed E-state index contributed by atoms with van der Waals surface area (Å²) in [4.78, 5) is 36.3. The number of carbonyl (C=O) groups is 3. The van der Waals surface area contributed by atoms with Gasteiger partial charge < -0.3 is 25.6 Å². The minimum Gasteiger partial charge on any atom is -0.480 e. The van der Waals surface area contributed by atoms with E-state index in [1.54, 1.807) is 0 Å². The van der Waals surface area contributed by atoms with Crippen molar-refractivity contribution in [3.05, 3.63) is 59.7 Å². The van der Waals surface area contributed by atoms with Gasteiger partial charge >= 0.3 is 12.1 Å². The maximum absolute atomic E-state index is 12.6. The summed E-state index contributed by atoms with van der Waals surface area (Å²) < 4.78 is 5.58. The highest BCUT2D eigenvalue weighted by molar-refractivity contribution is 5.85. The molecule has 8 heteroatoms. The minimum atomic E-state index is -1.33. The quantitative estimate of drug-likeness (QED) is 0.474. The van der Waals surface area contributed by atoms with Gasteiger partial charge in [0.15, 0.2) is 0 Å². The van der Waals surface area contributed by atoms with E-state index in [0.29, 0.717) is 6.42 Å². The molecule has 2 aliphatic rings. The number of fused-ring (bicyclic) bond motifs is 3. The van der Waals surface area contributed by atoms with Crippen LogP contribution in [0.2, 0.25) is 0 Å². The van der Waals surface area contributed by atoms with E-state index < -0.39 is 36.5 Å². The van der Waals surface area contributed by atoms with E-state index in [9.17, 15) is 19.5 Å². The summed E-state index contributed by atoms with van der Waals surface area (Å²) in [6.07, 6.45) is 2.61. The van der Waals surface area contributed by atoms with Gasteiger partial charge in [0.05, 0.1) is 6.61 Å². The normalized spacial score (nSPS) is 20.0. The number of carboxylic acids is 1. The van der Waals surface area contributed by atoms with Crippen molar-refractivity contribution in [2.24, 2.45) is 11.8 Å². The van der Waals surface area contributed by atoms with Crippen molar-refractivity contribution in [3.63, 3.8) is 0 Å². The van der Waals surface area contributed by atoms with Crippen LogP contribution >= 0.6 is 0 Å². The van der Waals surface area contributed by atoms with Gasteiger partial charge in [-0.25, -0.2) is 9.59 Å². The largest absolute Gasteiger partial charge is 0.480 e. The summed E-state index contributed by atoms with van der Waals surface area (Å²) in [7, 11) is 0. The second-order valence-electron chi connectivity index (χ2n) is 8.94. The minimum absolute atomic E-state index is 0.0298. The third-order valence-corrected chi connectivity index (χ3v) is 6.90. The highest BCUT2D eigenvalue weighted by atomic mass is 16.5. The molecule has 0 saturated heterocycles. The van der Waals surface area contributed by atoms with Gasteiger partial charge in [0.25, 0.3) is 0 Å². The van der Waals surface area contributed by atoms with Crippen molar-refractivity contribution in [1.82, 2.24) is 10.6 Å². The number of carboxylic acid groups (broad SMARTS) is 1. The van der Waals surface area contributed by atoms with Gasteiger partial charge in [-0.05, 0) is 41.0 Å². The molecule has 1 saturated carbocycles. The smallest absolute Gasteiger partial charge is 0.407 e. The van der Waals surface area contributed by atoms with Crippen LogP contribution in [0, 0.1) is 11.8 Å². The Bertz CT molecular complexity index is 1010. The number of alkyl carbamates (subject to hydrolysis) is 1. The predicted octanol–water partition coefficient (Wildman–Crippen LogP) is 2.89. The number of carbonyl (C=O) groups excluding carboxylic acids is 2. The molecule has 0 spiro atoms. The lowest BCUT2D eigenvalue weighted by Crippen LogP contribution is -2.49. The van der Waals surface area contributed by atoms with Gasteiger partial charge in [-0.2, -0.15) is 0 Å². The van der Waals surface area contributed by atoms with Crippen LogP contribution in [0.5, 0.6) is 0 Å². The molecule has 0 radical (unpaired) electrons. The van der Waals surface area contributed by atoms with Gasteiger partial charge in [0.2, 0.25) is 5.91 Å². The van der Waals surface area contributed by atoms with Crippen LogP contribution in [0.25, 0.3) is 11.1 Å². The highest BCUT2D eigenvalue weighted by Gasteiger charge is 2.34. The van der Waals surface area contributed by atoms with Crippen LogP contribution in [0.1, 0.15) is 42.7 Å². The number of aliphatic hydroxyl groups is 1. The number of ether oxygens (including phenoxy) is 1. The zero-order valence-corrected chi connectivity index (χ0v) is 18.9. The number of nitrogens with one attached hydrogen (secondary N) is 2. The summed E-state index contributed by atoms with van der Waals surface area (Å²) >= 11 is 0. The fourth-order valence-corrected chi connectivity index (χ4v) is 5.13. The molecule has 1 fully saturated rings. The first kappa shape index (κ1) is 23.8. The van der Waals surface area contributed by atoms with Crippen LogP contribution in [0.15, 0.2) is 48.5 Å². The van der Waals surface area contributed by atoms with Crippen molar-refractivity contribution in [3.8, 4) is 11.1 Å². The first-order chi connectivity index (χ1) is 16.5. The van der Waals surface area contributed by atoms with E-state index in [0.717, 1.165) is 41.5 Å². The number of amides is 2. The number of rotatable bonds is 8. The van der Waals surface area contributed by atoms with Crippen LogP contribution in [-0.2, 0) is 14.3 Å². The van der Waals surface area contributed by atoms with E-state index in [1.807, 2.05) is 24.3 Å². The Morgan fingerprint density at radius 1 is 0.971 bits per heavy atom. The van der Waals surface area contributed by atoms with E-state index >= 15 is 0 Å². The number of benzene rings is 2. The van der Waals surface area contributed by atoms with Crippen molar-refractivity contribution >= 4 is 18.0 Å². The molecule has 0 aliphatic heterocycles. The molecule has 0 bridgehead atoms. The highest BCUT2D eigenvalue weighted by Crippen LogP contribution is 2.44. The van der Waals surface area contributed by atoms with Gasteiger partial charge in [-0.15, -0.1) is 0 Å². The van der Waals surface area contributed by atoms with Crippen molar-refractivity contribution < 1.29 is 29.3 Å². The molecule has 180 valence electrons.